The zero-order chi connectivity index (χ0) is 13.7. The van der Waals surface area contributed by atoms with E-state index in [2.05, 4.69) is 58.5 Å². The van der Waals surface area contributed by atoms with Gasteiger partial charge >= 0.3 is 0 Å². The normalized spacial score (nSPS) is 10.7. The van der Waals surface area contributed by atoms with Crippen LogP contribution in [0.3, 0.4) is 0 Å². The van der Waals surface area contributed by atoms with Gasteiger partial charge in [0.05, 0.1) is 18.9 Å². The van der Waals surface area contributed by atoms with E-state index in [4.69, 9.17) is 0 Å². The monoisotopic (exact) mass is 276 g/mol. The fraction of sp³-hybridized carbons (Fsp3) is 0.429. The van der Waals surface area contributed by atoms with Gasteiger partial charge in [-0.15, -0.1) is 11.3 Å². The lowest BCUT2D eigenvalue weighted by Crippen LogP contribution is -2.30. The number of rotatable bonds is 6. The molecule has 0 unspecified atom stereocenters. The van der Waals surface area contributed by atoms with E-state index in [0.717, 1.165) is 24.7 Å². The van der Waals surface area contributed by atoms with Gasteiger partial charge in [0.25, 0.3) is 0 Å². The number of nitrogens with one attached hydrogen (secondary N) is 1. The summed E-state index contributed by atoms with van der Waals surface area (Å²) in [4.78, 5) is 12.5. The average molecular weight is 276 g/mol. The third-order valence-corrected chi connectivity index (χ3v) is 3.66. The third-order valence-electron chi connectivity index (χ3n) is 2.80. The Bertz CT molecular complexity index is 496. The van der Waals surface area contributed by atoms with Crippen molar-refractivity contribution in [3.05, 3.63) is 34.8 Å². The fourth-order valence-corrected chi connectivity index (χ4v) is 2.56. The van der Waals surface area contributed by atoms with Gasteiger partial charge in [0.2, 0.25) is 0 Å². The molecule has 4 nitrogen and oxygen atoms in total. The Morgan fingerprint density at radius 3 is 2.84 bits per heavy atom. The molecule has 0 saturated carbocycles. The summed E-state index contributed by atoms with van der Waals surface area (Å²) in [5, 5.41) is 5.31. The molecule has 2 aromatic rings. The number of aromatic nitrogens is 2. The van der Waals surface area contributed by atoms with Gasteiger partial charge in [-0.3, -0.25) is 4.98 Å². The SMILES string of the molecule is CCNc1cncc(N(Cc2cccs2)C(C)C)n1. The molecule has 0 fully saturated rings. The molecule has 1 N–H and O–H groups in total. The van der Waals surface area contributed by atoms with Crippen LogP contribution in [0.25, 0.3) is 0 Å². The van der Waals surface area contributed by atoms with Crippen LogP contribution in [0.2, 0.25) is 0 Å². The highest BCUT2D eigenvalue weighted by Crippen LogP contribution is 2.20. The largest absolute Gasteiger partial charge is 0.369 e. The van der Waals surface area contributed by atoms with E-state index in [1.54, 1.807) is 17.5 Å². The molecule has 2 heterocycles. The van der Waals surface area contributed by atoms with Crippen LogP contribution in [0.4, 0.5) is 11.6 Å². The average Bonchev–Trinajstić information content (AvgIpc) is 2.89. The molecule has 0 atom stereocenters. The lowest BCUT2D eigenvalue weighted by Gasteiger charge is -2.27. The van der Waals surface area contributed by atoms with Crippen molar-refractivity contribution in [1.82, 2.24) is 9.97 Å². The molecule has 0 radical (unpaired) electrons. The maximum atomic E-state index is 4.62. The van der Waals surface area contributed by atoms with Gasteiger partial charge in [0, 0.05) is 17.5 Å². The summed E-state index contributed by atoms with van der Waals surface area (Å²) in [6.45, 7) is 8.13. The van der Waals surface area contributed by atoms with Crippen molar-refractivity contribution in [3.8, 4) is 0 Å². The molecule has 102 valence electrons. The number of thiophene rings is 1. The van der Waals surface area contributed by atoms with E-state index in [1.165, 1.54) is 4.88 Å². The van der Waals surface area contributed by atoms with Crippen LogP contribution in [0, 0.1) is 0 Å². The summed E-state index contributed by atoms with van der Waals surface area (Å²) in [6, 6.07) is 4.62. The Morgan fingerprint density at radius 2 is 2.21 bits per heavy atom. The summed E-state index contributed by atoms with van der Waals surface area (Å²) in [7, 11) is 0. The number of hydrogen-bond acceptors (Lipinski definition) is 5. The maximum Gasteiger partial charge on any atom is 0.150 e. The van der Waals surface area contributed by atoms with Gasteiger partial charge < -0.3 is 10.2 Å². The minimum Gasteiger partial charge on any atom is -0.369 e. The molecule has 19 heavy (non-hydrogen) atoms. The van der Waals surface area contributed by atoms with E-state index in [9.17, 15) is 0 Å². The van der Waals surface area contributed by atoms with E-state index < -0.39 is 0 Å². The molecule has 0 spiro atoms. The van der Waals surface area contributed by atoms with Crippen molar-refractivity contribution >= 4 is 23.0 Å². The molecule has 2 rings (SSSR count). The van der Waals surface area contributed by atoms with Crippen molar-refractivity contribution in [2.45, 2.75) is 33.4 Å². The minimum absolute atomic E-state index is 0.383. The standard InChI is InChI=1S/C14H20N4S/c1-4-16-13-8-15-9-14(17-13)18(11(2)3)10-12-6-5-7-19-12/h5-9,11H,4,10H2,1-3H3,(H,16,17). The van der Waals surface area contributed by atoms with E-state index in [0.29, 0.717) is 6.04 Å². The second-order valence-electron chi connectivity index (χ2n) is 4.59. The second kappa shape index (κ2) is 6.52. The summed E-state index contributed by atoms with van der Waals surface area (Å²) in [5.74, 6) is 1.75. The van der Waals surface area contributed by atoms with Gasteiger partial charge in [0.15, 0.2) is 0 Å². The Hall–Kier alpha value is -1.62. The molecular weight excluding hydrogens is 256 g/mol. The van der Waals surface area contributed by atoms with Crippen LogP contribution in [-0.2, 0) is 6.54 Å². The zero-order valence-corrected chi connectivity index (χ0v) is 12.4. The van der Waals surface area contributed by atoms with Crippen molar-refractivity contribution in [3.63, 3.8) is 0 Å². The number of anilines is 2. The summed E-state index contributed by atoms with van der Waals surface area (Å²) in [6.07, 6.45) is 3.59. The van der Waals surface area contributed by atoms with Crippen LogP contribution in [0.5, 0.6) is 0 Å². The number of hydrogen-bond donors (Lipinski definition) is 1. The fourth-order valence-electron chi connectivity index (χ4n) is 1.86. The molecule has 0 aromatic carbocycles. The molecule has 0 aliphatic heterocycles. The van der Waals surface area contributed by atoms with Crippen molar-refractivity contribution in [2.24, 2.45) is 0 Å². The number of nitrogens with zero attached hydrogens (tertiary/aromatic N) is 3. The Balaban J connectivity index is 2.20. The summed E-state index contributed by atoms with van der Waals surface area (Å²) < 4.78 is 0. The van der Waals surface area contributed by atoms with Crippen LogP contribution in [-0.4, -0.2) is 22.6 Å². The third kappa shape index (κ3) is 3.67. The first-order valence-corrected chi connectivity index (χ1v) is 7.43. The molecule has 0 aliphatic carbocycles. The Labute approximate surface area is 118 Å². The minimum atomic E-state index is 0.383. The van der Waals surface area contributed by atoms with E-state index in [1.807, 2.05) is 6.20 Å². The second-order valence-corrected chi connectivity index (χ2v) is 5.63. The Kier molecular flexibility index (Phi) is 4.74. The van der Waals surface area contributed by atoms with Crippen LogP contribution in [0.1, 0.15) is 25.6 Å². The highest BCUT2D eigenvalue weighted by Gasteiger charge is 2.14. The molecule has 5 heteroatoms. The summed E-state index contributed by atoms with van der Waals surface area (Å²) in [5.41, 5.74) is 0. The van der Waals surface area contributed by atoms with Gasteiger partial charge in [-0.05, 0) is 32.2 Å². The maximum absolute atomic E-state index is 4.62. The molecule has 0 amide bonds. The molecule has 0 aliphatic rings. The molecule has 0 bridgehead atoms. The van der Waals surface area contributed by atoms with E-state index in [-0.39, 0.29) is 0 Å². The van der Waals surface area contributed by atoms with Gasteiger partial charge in [0.1, 0.15) is 11.6 Å². The first-order valence-electron chi connectivity index (χ1n) is 6.55. The Morgan fingerprint density at radius 1 is 1.37 bits per heavy atom. The smallest absolute Gasteiger partial charge is 0.150 e. The highest BCUT2D eigenvalue weighted by molar-refractivity contribution is 7.09. The predicted octanol–water partition coefficient (Wildman–Crippen LogP) is 3.38. The predicted molar refractivity (Wildman–Crippen MR) is 81.8 cm³/mol. The highest BCUT2D eigenvalue weighted by atomic mass is 32.1. The zero-order valence-electron chi connectivity index (χ0n) is 11.6. The van der Waals surface area contributed by atoms with Crippen LogP contribution >= 0.6 is 11.3 Å². The van der Waals surface area contributed by atoms with E-state index >= 15 is 0 Å². The van der Waals surface area contributed by atoms with Gasteiger partial charge in [-0.2, -0.15) is 0 Å². The molecule has 2 aromatic heterocycles. The van der Waals surface area contributed by atoms with Crippen molar-refractivity contribution in [2.75, 3.05) is 16.8 Å². The van der Waals surface area contributed by atoms with Gasteiger partial charge in [-0.1, -0.05) is 6.07 Å². The molecule has 0 saturated heterocycles. The molecular formula is C14H20N4S. The quantitative estimate of drug-likeness (QED) is 0.878. The van der Waals surface area contributed by atoms with Crippen molar-refractivity contribution in [1.29, 1.82) is 0 Å². The van der Waals surface area contributed by atoms with Gasteiger partial charge in [-0.25, -0.2) is 4.98 Å². The van der Waals surface area contributed by atoms with Crippen LogP contribution in [0.15, 0.2) is 29.9 Å². The lowest BCUT2D eigenvalue weighted by atomic mass is 10.3. The summed E-state index contributed by atoms with van der Waals surface area (Å²) >= 11 is 1.77. The topological polar surface area (TPSA) is 41.1 Å². The first kappa shape index (κ1) is 13.8. The first-order chi connectivity index (χ1) is 9.20. The lowest BCUT2D eigenvalue weighted by molar-refractivity contribution is 0.675. The van der Waals surface area contributed by atoms with Crippen molar-refractivity contribution < 1.29 is 0 Å². The van der Waals surface area contributed by atoms with Crippen LogP contribution < -0.4 is 10.2 Å².